The summed E-state index contributed by atoms with van der Waals surface area (Å²) in [6.07, 6.45) is 13.0. The van der Waals surface area contributed by atoms with Crippen LogP contribution in [0.1, 0.15) is 22.3 Å². The molecule has 32 heavy (non-hydrogen) atoms. The van der Waals surface area contributed by atoms with Crippen molar-refractivity contribution >= 4 is 0 Å². The summed E-state index contributed by atoms with van der Waals surface area (Å²) in [5.41, 5.74) is 9.64. The molecular formula is C29H23N3. The summed E-state index contributed by atoms with van der Waals surface area (Å²) in [6, 6.07) is 27.7. The standard InChI is InChI=1S/C29H23N3/c1-3-28(20-30-13-1)26-9-5-22(6-10-26)15-24-17-25(19-32-18-24)16-23-7-11-27(12-8-23)29-4-2-14-31-21-29/h1-14,17-21H,15-16H2. The highest BCUT2D eigenvalue weighted by atomic mass is 14.6. The van der Waals surface area contributed by atoms with Gasteiger partial charge < -0.3 is 0 Å². The lowest BCUT2D eigenvalue weighted by molar-refractivity contribution is 1.08. The molecule has 0 amide bonds. The van der Waals surface area contributed by atoms with E-state index in [1.165, 1.54) is 33.4 Å². The summed E-state index contributed by atoms with van der Waals surface area (Å²) < 4.78 is 0. The molecule has 0 radical (unpaired) electrons. The number of nitrogens with zero attached hydrogens (tertiary/aromatic N) is 3. The highest BCUT2D eigenvalue weighted by molar-refractivity contribution is 5.63. The lowest BCUT2D eigenvalue weighted by Crippen LogP contribution is -1.94. The molecule has 0 unspecified atom stereocenters. The fourth-order valence-corrected chi connectivity index (χ4v) is 3.90. The van der Waals surface area contributed by atoms with E-state index in [-0.39, 0.29) is 0 Å². The van der Waals surface area contributed by atoms with Crippen LogP contribution in [0.4, 0.5) is 0 Å². The third-order valence-electron chi connectivity index (χ3n) is 5.57. The maximum Gasteiger partial charge on any atom is 0.0346 e. The first kappa shape index (κ1) is 19.8. The molecule has 0 fully saturated rings. The lowest BCUT2D eigenvalue weighted by Gasteiger charge is -2.08. The molecule has 5 aromatic rings. The highest BCUT2D eigenvalue weighted by Crippen LogP contribution is 2.22. The molecule has 5 rings (SSSR count). The predicted molar refractivity (Wildman–Crippen MR) is 129 cm³/mol. The van der Waals surface area contributed by atoms with E-state index >= 15 is 0 Å². The topological polar surface area (TPSA) is 38.7 Å². The highest BCUT2D eigenvalue weighted by Gasteiger charge is 2.04. The number of hydrogen-bond donors (Lipinski definition) is 0. The first-order valence-corrected chi connectivity index (χ1v) is 10.7. The quantitative estimate of drug-likeness (QED) is 0.324. The van der Waals surface area contributed by atoms with Gasteiger partial charge in [0, 0.05) is 37.2 Å². The molecular weight excluding hydrogens is 390 g/mol. The number of pyridine rings is 3. The molecule has 3 heterocycles. The van der Waals surface area contributed by atoms with Crippen LogP contribution in [0.2, 0.25) is 0 Å². The van der Waals surface area contributed by atoms with Gasteiger partial charge in [-0.25, -0.2) is 0 Å². The Morgan fingerprint density at radius 2 is 0.875 bits per heavy atom. The number of aromatic nitrogens is 3. The molecule has 2 aromatic carbocycles. The van der Waals surface area contributed by atoms with Crippen molar-refractivity contribution < 1.29 is 0 Å². The Balaban J connectivity index is 1.27. The maximum atomic E-state index is 4.49. The van der Waals surface area contributed by atoms with Gasteiger partial charge in [-0.05, 0) is 69.5 Å². The summed E-state index contributed by atoms with van der Waals surface area (Å²) in [5.74, 6) is 0. The van der Waals surface area contributed by atoms with Crippen molar-refractivity contribution in [3.63, 3.8) is 0 Å². The first-order chi connectivity index (χ1) is 15.8. The number of hydrogen-bond acceptors (Lipinski definition) is 3. The summed E-state index contributed by atoms with van der Waals surface area (Å²) in [7, 11) is 0. The van der Waals surface area contributed by atoms with E-state index in [1.54, 1.807) is 12.4 Å². The van der Waals surface area contributed by atoms with Crippen molar-refractivity contribution in [2.24, 2.45) is 0 Å². The Morgan fingerprint density at radius 3 is 1.28 bits per heavy atom. The number of benzene rings is 2. The molecule has 0 saturated carbocycles. The Bertz CT molecular complexity index is 1180. The SMILES string of the molecule is c1cncc(-c2ccc(Cc3cncc(Cc4ccc(-c5cccnc5)cc4)c3)cc2)c1. The maximum absolute atomic E-state index is 4.49. The molecule has 0 aliphatic carbocycles. The van der Waals surface area contributed by atoms with Gasteiger partial charge in [0.1, 0.15) is 0 Å². The molecule has 0 aliphatic rings. The average Bonchev–Trinajstić information content (AvgIpc) is 2.86. The van der Waals surface area contributed by atoms with E-state index in [0.717, 1.165) is 24.0 Å². The van der Waals surface area contributed by atoms with Crippen molar-refractivity contribution in [1.29, 1.82) is 0 Å². The second-order valence-corrected chi connectivity index (χ2v) is 7.93. The third-order valence-corrected chi connectivity index (χ3v) is 5.57. The van der Waals surface area contributed by atoms with Crippen LogP contribution in [0.15, 0.2) is 116 Å². The van der Waals surface area contributed by atoms with Gasteiger partial charge >= 0.3 is 0 Å². The Labute approximate surface area is 188 Å². The third kappa shape index (κ3) is 4.79. The zero-order valence-corrected chi connectivity index (χ0v) is 17.7. The molecule has 0 bridgehead atoms. The van der Waals surface area contributed by atoms with Crippen LogP contribution in [0.25, 0.3) is 22.3 Å². The molecule has 0 saturated heterocycles. The average molecular weight is 414 g/mol. The zero-order valence-electron chi connectivity index (χ0n) is 17.7. The second kappa shape index (κ2) is 9.36. The molecule has 0 spiro atoms. The van der Waals surface area contributed by atoms with E-state index < -0.39 is 0 Å². The van der Waals surface area contributed by atoms with Crippen LogP contribution in [-0.4, -0.2) is 15.0 Å². The van der Waals surface area contributed by atoms with E-state index in [4.69, 9.17) is 0 Å². The first-order valence-electron chi connectivity index (χ1n) is 10.7. The molecule has 0 atom stereocenters. The van der Waals surface area contributed by atoms with Gasteiger partial charge in [0.15, 0.2) is 0 Å². The molecule has 3 heteroatoms. The summed E-state index contributed by atoms with van der Waals surface area (Å²) in [6.45, 7) is 0. The van der Waals surface area contributed by atoms with Crippen LogP contribution in [0.3, 0.4) is 0 Å². The fourth-order valence-electron chi connectivity index (χ4n) is 3.90. The van der Waals surface area contributed by atoms with Gasteiger partial charge in [-0.2, -0.15) is 0 Å². The van der Waals surface area contributed by atoms with Crippen LogP contribution in [0, 0.1) is 0 Å². The van der Waals surface area contributed by atoms with Crippen LogP contribution < -0.4 is 0 Å². The monoisotopic (exact) mass is 413 g/mol. The van der Waals surface area contributed by atoms with Gasteiger partial charge in [-0.3, -0.25) is 15.0 Å². The zero-order chi connectivity index (χ0) is 21.6. The van der Waals surface area contributed by atoms with E-state index in [1.807, 2.05) is 36.9 Å². The van der Waals surface area contributed by atoms with Gasteiger partial charge in [-0.1, -0.05) is 66.7 Å². The lowest BCUT2D eigenvalue weighted by atomic mass is 9.99. The minimum Gasteiger partial charge on any atom is -0.264 e. The minimum absolute atomic E-state index is 0.869. The molecule has 3 nitrogen and oxygen atoms in total. The summed E-state index contributed by atoms with van der Waals surface area (Å²) in [4.78, 5) is 12.9. The van der Waals surface area contributed by atoms with Crippen molar-refractivity contribution in [3.05, 3.63) is 138 Å². The van der Waals surface area contributed by atoms with Gasteiger partial charge in [0.25, 0.3) is 0 Å². The Morgan fingerprint density at radius 1 is 0.406 bits per heavy atom. The molecule has 3 aromatic heterocycles. The van der Waals surface area contributed by atoms with Crippen molar-refractivity contribution in [1.82, 2.24) is 15.0 Å². The predicted octanol–water partition coefficient (Wildman–Crippen LogP) is 6.39. The van der Waals surface area contributed by atoms with Crippen LogP contribution in [0.5, 0.6) is 0 Å². The smallest absolute Gasteiger partial charge is 0.0346 e. The normalized spacial score (nSPS) is 10.8. The minimum atomic E-state index is 0.869. The largest absolute Gasteiger partial charge is 0.264 e. The Kier molecular flexibility index (Phi) is 5.80. The molecule has 0 N–H and O–H groups in total. The summed E-state index contributed by atoms with van der Waals surface area (Å²) in [5, 5.41) is 0. The van der Waals surface area contributed by atoms with Gasteiger partial charge in [0.05, 0.1) is 0 Å². The van der Waals surface area contributed by atoms with Crippen molar-refractivity contribution in [2.75, 3.05) is 0 Å². The summed E-state index contributed by atoms with van der Waals surface area (Å²) >= 11 is 0. The fraction of sp³-hybridized carbons (Fsp3) is 0.0690. The van der Waals surface area contributed by atoms with E-state index in [0.29, 0.717) is 0 Å². The van der Waals surface area contributed by atoms with Crippen molar-refractivity contribution in [2.45, 2.75) is 12.8 Å². The Hall–Kier alpha value is -4.11. The van der Waals surface area contributed by atoms with E-state index in [2.05, 4.69) is 81.7 Å². The molecule has 0 aliphatic heterocycles. The van der Waals surface area contributed by atoms with Crippen LogP contribution >= 0.6 is 0 Å². The van der Waals surface area contributed by atoms with Gasteiger partial charge in [0.2, 0.25) is 0 Å². The van der Waals surface area contributed by atoms with E-state index in [9.17, 15) is 0 Å². The van der Waals surface area contributed by atoms with Crippen molar-refractivity contribution in [3.8, 4) is 22.3 Å². The van der Waals surface area contributed by atoms with Gasteiger partial charge in [-0.15, -0.1) is 0 Å². The van der Waals surface area contributed by atoms with Crippen LogP contribution in [-0.2, 0) is 12.8 Å². The molecule has 154 valence electrons. The number of rotatable bonds is 6. The second-order valence-electron chi connectivity index (χ2n) is 7.93.